The van der Waals surface area contributed by atoms with Gasteiger partial charge in [-0.05, 0) is 38.8 Å². The van der Waals surface area contributed by atoms with Gasteiger partial charge in [0.1, 0.15) is 11.3 Å². The van der Waals surface area contributed by atoms with E-state index >= 15 is 0 Å². The van der Waals surface area contributed by atoms with Gasteiger partial charge in [0, 0.05) is 37.3 Å². The standard InChI is InChI=1S/C21H24F2N8O/c1-3-26-7-6-16(24)20(32)30-10-12(5-4-11(30)2)18-28-19-14-8-13(22)9-15(23)17(14)27-21(25)31(19)29-18/h6-9,11-12H,3-5,10,24H2,1-2H3,(H2,25,27)/b16-6-,26-7?/t11-,12+/m0/s1. The number of amides is 1. The zero-order valence-electron chi connectivity index (χ0n) is 17.8. The van der Waals surface area contributed by atoms with Gasteiger partial charge in [-0.3, -0.25) is 9.79 Å². The van der Waals surface area contributed by atoms with Crippen LogP contribution in [0.5, 0.6) is 0 Å². The van der Waals surface area contributed by atoms with Crippen LogP contribution in [0.4, 0.5) is 14.7 Å². The molecule has 1 saturated heterocycles. The summed E-state index contributed by atoms with van der Waals surface area (Å²) in [6, 6.07) is 1.89. The number of allylic oxidation sites excluding steroid dienone is 1. The number of nitrogens with two attached hydrogens (primary N) is 2. The van der Waals surface area contributed by atoms with Crippen molar-refractivity contribution in [1.82, 2.24) is 24.5 Å². The van der Waals surface area contributed by atoms with E-state index in [1.807, 2.05) is 13.8 Å². The highest BCUT2D eigenvalue weighted by atomic mass is 19.1. The van der Waals surface area contributed by atoms with Gasteiger partial charge < -0.3 is 16.4 Å². The van der Waals surface area contributed by atoms with Crippen LogP contribution in [0, 0.1) is 11.6 Å². The van der Waals surface area contributed by atoms with E-state index in [4.69, 9.17) is 11.5 Å². The molecule has 1 aromatic carbocycles. The Hall–Kier alpha value is -3.63. The number of benzene rings is 1. The molecule has 0 saturated carbocycles. The van der Waals surface area contributed by atoms with Gasteiger partial charge in [0.15, 0.2) is 17.3 Å². The summed E-state index contributed by atoms with van der Waals surface area (Å²) in [4.78, 5) is 27.1. The summed E-state index contributed by atoms with van der Waals surface area (Å²) < 4.78 is 29.3. The van der Waals surface area contributed by atoms with E-state index < -0.39 is 11.6 Å². The number of likely N-dealkylation sites (tertiary alicyclic amines) is 1. The molecule has 4 rings (SSSR count). The van der Waals surface area contributed by atoms with Crippen LogP contribution in [0.25, 0.3) is 16.6 Å². The first-order valence-corrected chi connectivity index (χ1v) is 10.4. The van der Waals surface area contributed by atoms with E-state index in [1.54, 1.807) is 4.90 Å². The Kier molecular flexibility index (Phi) is 5.72. The summed E-state index contributed by atoms with van der Waals surface area (Å²) >= 11 is 0. The molecule has 1 fully saturated rings. The average Bonchev–Trinajstić information content (AvgIpc) is 3.21. The molecule has 32 heavy (non-hydrogen) atoms. The SMILES string of the molecule is CCN=C/C=C(\N)C(=O)N1C[C@H](c2nc3c4cc(F)cc(F)c4nc(N)n3n2)CC[C@@H]1C. The molecule has 9 nitrogen and oxygen atoms in total. The Morgan fingerprint density at radius 3 is 2.84 bits per heavy atom. The number of carbonyl (C=O) groups is 1. The molecule has 4 N–H and O–H groups in total. The second-order valence-corrected chi connectivity index (χ2v) is 7.81. The van der Waals surface area contributed by atoms with Gasteiger partial charge in [-0.1, -0.05) is 0 Å². The second-order valence-electron chi connectivity index (χ2n) is 7.81. The van der Waals surface area contributed by atoms with Crippen LogP contribution in [0.2, 0.25) is 0 Å². The van der Waals surface area contributed by atoms with Crippen LogP contribution >= 0.6 is 0 Å². The minimum absolute atomic E-state index is 0.0124. The van der Waals surface area contributed by atoms with Crippen LogP contribution in [0.3, 0.4) is 0 Å². The number of nitrogens with zero attached hydrogens (tertiary/aromatic N) is 6. The molecule has 1 aliphatic rings. The van der Waals surface area contributed by atoms with Crippen LogP contribution < -0.4 is 11.5 Å². The predicted molar refractivity (Wildman–Crippen MR) is 117 cm³/mol. The highest BCUT2D eigenvalue weighted by Gasteiger charge is 2.33. The number of hydrogen-bond donors (Lipinski definition) is 2. The Balaban J connectivity index is 1.69. The van der Waals surface area contributed by atoms with Crippen molar-refractivity contribution in [1.29, 1.82) is 0 Å². The number of hydrogen-bond acceptors (Lipinski definition) is 7. The van der Waals surface area contributed by atoms with Gasteiger partial charge in [0.2, 0.25) is 5.95 Å². The number of nitrogen functional groups attached to an aromatic ring is 1. The first-order valence-electron chi connectivity index (χ1n) is 10.4. The molecule has 1 amide bonds. The number of rotatable bonds is 4. The van der Waals surface area contributed by atoms with Gasteiger partial charge in [0.25, 0.3) is 5.91 Å². The predicted octanol–water partition coefficient (Wildman–Crippen LogP) is 2.17. The van der Waals surface area contributed by atoms with E-state index in [0.717, 1.165) is 25.0 Å². The van der Waals surface area contributed by atoms with E-state index in [1.165, 1.54) is 16.8 Å². The summed E-state index contributed by atoms with van der Waals surface area (Å²) in [5.41, 5.74) is 12.2. The summed E-state index contributed by atoms with van der Waals surface area (Å²) in [6.45, 7) is 4.79. The van der Waals surface area contributed by atoms with E-state index in [9.17, 15) is 13.6 Å². The van der Waals surface area contributed by atoms with Gasteiger partial charge in [-0.15, -0.1) is 5.10 Å². The summed E-state index contributed by atoms with van der Waals surface area (Å²) in [5.74, 6) is -1.68. The number of aromatic nitrogens is 4. The highest BCUT2D eigenvalue weighted by molar-refractivity contribution is 5.96. The maximum atomic E-state index is 14.2. The van der Waals surface area contributed by atoms with E-state index in [0.29, 0.717) is 18.9 Å². The van der Waals surface area contributed by atoms with E-state index in [2.05, 4.69) is 20.1 Å². The summed E-state index contributed by atoms with van der Waals surface area (Å²) in [5, 5.41) is 4.61. The quantitative estimate of drug-likeness (QED) is 0.471. The average molecular weight is 442 g/mol. The molecule has 3 aromatic rings. The third kappa shape index (κ3) is 3.85. The minimum atomic E-state index is -0.823. The molecule has 2 aromatic heterocycles. The normalized spacial score (nSPS) is 20.0. The summed E-state index contributed by atoms with van der Waals surface area (Å²) in [7, 11) is 0. The van der Waals surface area contributed by atoms with Crippen LogP contribution in [-0.2, 0) is 4.79 Å². The molecule has 0 aliphatic carbocycles. The fourth-order valence-corrected chi connectivity index (χ4v) is 3.92. The number of carbonyl (C=O) groups excluding carboxylic acids is 1. The lowest BCUT2D eigenvalue weighted by atomic mass is 9.92. The number of halogens is 2. The largest absolute Gasteiger partial charge is 0.394 e. The van der Waals surface area contributed by atoms with Gasteiger partial charge >= 0.3 is 0 Å². The molecular weight excluding hydrogens is 418 g/mol. The number of piperidine rings is 1. The maximum Gasteiger partial charge on any atom is 0.270 e. The zero-order chi connectivity index (χ0) is 23.0. The molecule has 168 valence electrons. The first kappa shape index (κ1) is 21.6. The van der Waals surface area contributed by atoms with Crippen molar-refractivity contribution < 1.29 is 13.6 Å². The Bertz CT molecular complexity index is 1250. The molecule has 2 atom stereocenters. The lowest BCUT2D eigenvalue weighted by molar-refractivity contribution is -0.130. The smallest absolute Gasteiger partial charge is 0.270 e. The lowest BCUT2D eigenvalue weighted by Gasteiger charge is -2.37. The third-order valence-electron chi connectivity index (χ3n) is 5.63. The molecule has 0 radical (unpaired) electrons. The van der Waals surface area contributed by atoms with Crippen molar-refractivity contribution >= 4 is 34.6 Å². The van der Waals surface area contributed by atoms with Crippen LogP contribution in [0.1, 0.15) is 38.4 Å². The highest BCUT2D eigenvalue weighted by Crippen LogP contribution is 2.31. The second kappa shape index (κ2) is 8.48. The molecule has 3 heterocycles. The molecular formula is C21H24F2N8O. The Morgan fingerprint density at radius 2 is 2.09 bits per heavy atom. The zero-order valence-corrected chi connectivity index (χ0v) is 17.8. The van der Waals surface area contributed by atoms with Crippen molar-refractivity contribution in [2.45, 2.75) is 38.6 Å². The fraction of sp³-hybridized carbons (Fsp3) is 0.381. The minimum Gasteiger partial charge on any atom is -0.394 e. The number of anilines is 1. The lowest BCUT2D eigenvalue weighted by Crippen LogP contribution is -2.46. The third-order valence-corrected chi connectivity index (χ3v) is 5.63. The van der Waals surface area contributed by atoms with Crippen molar-refractivity contribution in [2.75, 3.05) is 18.8 Å². The monoisotopic (exact) mass is 442 g/mol. The van der Waals surface area contributed by atoms with Crippen molar-refractivity contribution in [3.05, 3.63) is 41.4 Å². The van der Waals surface area contributed by atoms with Crippen molar-refractivity contribution in [3.8, 4) is 0 Å². The Labute approximate surface area is 182 Å². The summed E-state index contributed by atoms with van der Waals surface area (Å²) in [6.07, 6.45) is 4.46. The molecule has 11 heteroatoms. The molecule has 0 bridgehead atoms. The maximum absolute atomic E-state index is 14.2. The van der Waals surface area contributed by atoms with Crippen LogP contribution in [0.15, 0.2) is 28.9 Å². The number of fused-ring (bicyclic) bond motifs is 3. The van der Waals surface area contributed by atoms with Crippen molar-refractivity contribution in [2.24, 2.45) is 10.7 Å². The molecule has 0 spiro atoms. The van der Waals surface area contributed by atoms with E-state index in [-0.39, 0.29) is 46.1 Å². The van der Waals surface area contributed by atoms with Gasteiger partial charge in [-0.2, -0.15) is 4.52 Å². The first-order chi connectivity index (χ1) is 15.3. The van der Waals surface area contributed by atoms with Crippen LogP contribution in [-0.4, -0.2) is 55.7 Å². The van der Waals surface area contributed by atoms with Gasteiger partial charge in [-0.25, -0.2) is 18.7 Å². The number of aliphatic imine (C=N–C) groups is 1. The fourth-order valence-electron chi connectivity index (χ4n) is 3.92. The topological polar surface area (TPSA) is 128 Å². The molecule has 0 unspecified atom stereocenters. The Morgan fingerprint density at radius 1 is 1.31 bits per heavy atom. The molecule has 1 aliphatic heterocycles. The van der Waals surface area contributed by atoms with Gasteiger partial charge in [0.05, 0.1) is 11.1 Å². The van der Waals surface area contributed by atoms with Crippen molar-refractivity contribution in [3.63, 3.8) is 0 Å².